The lowest BCUT2D eigenvalue weighted by molar-refractivity contribution is 0.0595. The number of nitrogen functional groups attached to an aromatic ring is 1. The molecular formula is C28H28N4O4. The van der Waals surface area contributed by atoms with Gasteiger partial charge >= 0.3 is 5.97 Å². The molecule has 3 N–H and O–H groups in total. The molecule has 0 aliphatic heterocycles. The van der Waals surface area contributed by atoms with Crippen LogP contribution in [-0.2, 0) is 4.74 Å². The number of esters is 1. The number of benzene rings is 2. The van der Waals surface area contributed by atoms with Crippen molar-refractivity contribution < 1.29 is 13.9 Å². The van der Waals surface area contributed by atoms with Crippen LogP contribution in [0.15, 0.2) is 62.9 Å². The molecule has 1 atom stereocenters. The number of carbonyl (C=O) groups is 1. The van der Waals surface area contributed by atoms with Crippen molar-refractivity contribution in [2.45, 2.75) is 26.8 Å². The molecule has 36 heavy (non-hydrogen) atoms. The number of methoxy groups -OCH3 is 1. The average molecular weight is 485 g/mol. The quantitative estimate of drug-likeness (QED) is 0.223. The van der Waals surface area contributed by atoms with Crippen molar-refractivity contribution in [3.63, 3.8) is 0 Å². The number of fused-ring (bicyclic) bond motifs is 1. The summed E-state index contributed by atoms with van der Waals surface area (Å²) in [7, 11) is 2.99. The van der Waals surface area contributed by atoms with Gasteiger partial charge in [0.15, 0.2) is 11.1 Å². The van der Waals surface area contributed by atoms with Crippen molar-refractivity contribution in [3.8, 4) is 11.3 Å². The van der Waals surface area contributed by atoms with Gasteiger partial charge in [0, 0.05) is 47.9 Å². The average Bonchev–Trinajstić information content (AvgIpc) is 2.86. The molecule has 1 unspecified atom stereocenters. The second kappa shape index (κ2) is 10.0. The number of carbonyl (C=O) groups excluding carboxylic acids is 1. The number of aryl methyl sites for hydroxylation is 2. The summed E-state index contributed by atoms with van der Waals surface area (Å²) in [4.78, 5) is 33.6. The van der Waals surface area contributed by atoms with Gasteiger partial charge in [-0.25, -0.2) is 9.78 Å². The van der Waals surface area contributed by atoms with Crippen molar-refractivity contribution in [1.82, 2.24) is 4.98 Å². The number of nitrogens with zero attached hydrogens (tertiary/aromatic N) is 2. The second-order valence-corrected chi connectivity index (χ2v) is 8.65. The Labute approximate surface area is 208 Å². The zero-order valence-corrected chi connectivity index (χ0v) is 20.9. The van der Waals surface area contributed by atoms with E-state index < -0.39 is 5.97 Å². The van der Waals surface area contributed by atoms with Crippen LogP contribution in [0, 0.1) is 13.8 Å². The van der Waals surface area contributed by atoms with E-state index in [4.69, 9.17) is 14.9 Å². The molecule has 0 saturated heterocycles. The van der Waals surface area contributed by atoms with Gasteiger partial charge in [-0.3, -0.25) is 9.79 Å². The zero-order chi connectivity index (χ0) is 26.0. The van der Waals surface area contributed by atoms with Crippen molar-refractivity contribution in [1.29, 1.82) is 0 Å². The van der Waals surface area contributed by atoms with Crippen molar-refractivity contribution in [2.24, 2.45) is 4.99 Å². The van der Waals surface area contributed by atoms with Gasteiger partial charge in [-0.2, -0.15) is 0 Å². The Kier molecular flexibility index (Phi) is 6.87. The third-order valence-corrected chi connectivity index (χ3v) is 6.00. The summed E-state index contributed by atoms with van der Waals surface area (Å²) < 4.78 is 11.2. The maximum atomic E-state index is 13.2. The topological polar surface area (TPSA) is 120 Å². The molecule has 0 fully saturated rings. The Morgan fingerprint density at radius 1 is 1.22 bits per heavy atom. The molecule has 0 amide bonds. The minimum Gasteiger partial charge on any atom is -0.464 e. The Balaban J connectivity index is 1.86. The van der Waals surface area contributed by atoms with E-state index in [0.29, 0.717) is 28.1 Å². The van der Waals surface area contributed by atoms with Crippen LogP contribution in [0.2, 0.25) is 0 Å². The Bertz CT molecular complexity index is 1560. The molecule has 2 aromatic heterocycles. The molecule has 184 valence electrons. The van der Waals surface area contributed by atoms with Gasteiger partial charge in [-0.05, 0) is 62.2 Å². The second-order valence-electron chi connectivity index (χ2n) is 8.65. The molecule has 0 bridgehead atoms. The number of nitrogens with one attached hydrogen (secondary N) is 1. The number of aliphatic imine (C=N–C) groups is 1. The largest absolute Gasteiger partial charge is 0.464 e. The van der Waals surface area contributed by atoms with Gasteiger partial charge in [0.1, 0.15) is 11.3 Å². The molecule has 4 rings (SSSR count). The lowest BCUT2D eigenvalue weighted by atomic mass is 9.99. The van der Waals surface area contributed by atoms with Crippen LogP contribution in [0.5, 0.6) is 0 Å². The van der Waals surface area contributed by atoms with Gasteiger partial charge in [0.25, 0.3) is 0 Å². The zero-order valence-electron chi connectivity index (χ0n) is 20.9. The maximum Gasteiger partial charge on any atom is 0.358 e. The highest BCUT2D eigenvalue weighted by Gasteiger charge is 2.20. The van der Waals surface area contributed by atoms with Crippen LogP contribution in [0.3, 0.4) is 0 Å². The van der Waals surface area contributed by atoms with E-state index in [1.807, 2.05) is 45.0 Å². The van der Waals surface area contributed by atoms with E-state index >= 15 is 0 Å². The van der Waals surface area contributed by atoms with Crippen molar-refractivity contribution >= 4 is 34.5 Å². The number of ether oxygens (including phenoxy) is 1. The predicted octanol–water partition coefficient (Wildman–Crippen LogP) is 5.06. The normalized spacial score (nSPS) is 12.1. The minimum absolute atomic E-state index is 0.153. The molecule has 8 heteroatoms. The van der Waals surface area contributed by atoms with Gasteiger partial charge < -0.3 is 20.2 Å². The Hall–Kier alpha value is -4.46. The lowest BCUT2D eigenvalue weighted by Crippen LogP contribution is -2.14. The summed E-state index contributed by atoms with van der Waals surface area (Å²) in [6.07, 6.45) is 3.21. The lowest BCUT2D eigenvalue weighted by Gasteiger charge is -2.19. The van der Waals surface area contributed by atoms with Gasteiger partial charge in [0.05, 0.1) is 24.2 Å². The van der Waals surface area contributed by atoms with E-state index in [-0.39, 0.29) is 17.2 Å². The molecular weight excluding hydrogens is 456 g/mol. The third kappa shape index (κ3) is 4.70. The van der Waals surface area contributed by atoms with Crippen LogP contribution >= 0.6 is 0 Å². The monoisotopic (exact) mass is 484 g/mol. The first-order valence-corrected chi connectivity index (χ1v) is 11.4. The fraction of sp³-hybridized carbons (Fsp3) is 0.214. The first kappa shape index (κ1) is 24.7. The van der Waals surface area contributed by atoms with E-state index in [0.717, 1.165) is 27.8 Å². The molecule has 0 aliphatic rings. The Morgan fingerprint density at radius 3 is 2.72 bits per heavy atom. The molecule has 4 aromatic rings. The third-order valence-electron chi connectivity index (χ3n) is 6.00. The fourth-order valence-electron chi connectivity index (χ4n) is 4.20. The number of nitrogens with two attached hydrogens (primary N) is 1. The highest BCUT2D eigenvalue weighted by Crippen LogP contribution is 2.32. The summed E-state index contributed by atoms with van der Waals surface area (Å²) >= 11 is 0. The predicted molar refractivity (Wildman–Crippen MR) is 143 cm³/mol. The van der Waals surface area contributed by atoms with Crippen molar-refractivity contribution in [2.75, 3.05) is 25.2 Å². The number of aromatic nitrogens is 1. The molecule has 0 saturated carbocycles. The fourth-order valence-corrected chi connectivity index (χ4v) is 4.20. The van der Waals surface area contributed by atoms with Crippen LogP contribution in [0.25, 0.3) is 22.3 Å². The number of rotatable bonds is 6. The van der Waals surface area contributed by atoms with Crippen LogP contribution in [0.4, 0.5) is 11.4 Å². The number of hydrogen-bond donors (Lipinski definition) is 2. The van der Waals surface area contributed by atoms with Crippen LogP contribution in [0.1, 0.15) is 45.7 Å². The molecule has 0 aliphatic carbocycles. The van der Waals surface area contributed by atoms with Gasteiger partial charge in [-0.15, -0.1) is 0 Å². The summed E-state index contributed by atoms with van der Waals surface area (Å²) in [5, 5.41) is 3.80. The molecule has 2 aromatic carbocycles. The number of pyridine rings is 1. The summed E-state index contributed by atoms with van der Waals surface area (Å²) in [5.41, 5.74) is 11.8. The van der Waals surface area contributed by atoms with E-state index in [1.54, 1.807) is 25.4 Å². The minimum atomic E-state index is -0.543. The molecule has 2 heterocycles. The van der Waals surface area contributed by atoms with Gasteiger partial charge in [-0.1, -0.05) is 6.07 Å². The van der Waals surface area contributed by atoms with E-state index in [1.165, 1.54) is 19.4 Å². The SMILES string of the molecule is CN=Cc1cc(-c2cc(=O)c3cc(C)cc(C(C)Nc4cccnc4C(=O)OC)c3o2)cc(C)c1N. The maximum absolute atomic E-state index is 13.2. The number of anilines is 2. The Morgan fingerprint density at radius 2 is 2.00 bits per heavy atom. The first-order chi connectivity index (χ1) is 17.2. The molecule has 0 radical (unpaired) electrons. The highest BCUT2D eigenvalue weighted by molar-refractivity contribution is 5.94. The molecule has 8 nitrogen and oxygen atoms in total. The number of hydrogen-bond acceptors (Lipinski definition) is 8. The van der Waals surface area contributed by atoms with Crippen molar-refractivity contribution in [3.05, 3.63) is 86.8 Å². The van der Waals surface area contributed by atoms with Crippen LogP contribution < -0.4 is 16.5 Å². The summed E-state index contributed by atoms with van der Waals surface area (Å²) in [6.45, 7) is 5.75. The first-order valence-electron chi connectivity index (χ1n) is 11.4. The van der Waals surface area contributed by atoms with Crippen LogP contribution in [-0.4, -0.2) is 31.3 Å². The summed E-state index contributed by atoms with van der Waals surface area (Å²) in [6, 6.07) is 12.2. The smallest absolute Gasteiger partial charge is 0.358 e. The highest BCUT2D eigenvalue weighted by atomic mass is 16.5. The van der Waals surface area contributed by atoms with E-state index in [9.17, 15) is 9.59 Å². The standard InChI is InChI=1S/C28H28N4O4/c1-15-9-20(17(3)32-22-7-6-8-31-26(22)28(34)35-5)27-21(10-15)23(33)13-24(36-27)18-11-16(2)25(29)19(12-18)14-30-4/h6-14,17,32H,29H2,1-5H3. The summed E-state index contributed by atoms with van der Waals surface area (Å²) in [5.74, 6) is -0.117. The van der Waals surface area contributed by atoms with Gasteiger partial charge in [0.2, 0.25) is 0 Å². The molecule has 0 spiro atoms. The van der Waals surface area contributed by atoms with E-state index in [2.05, 4.69) is 15.3 Å².